The molecule has 0 spiro atoms. The molecule has 0 bridgehead atoms. The maximum Gasteiger partial charge on any atom is 0.141 e. The molecule has 17 heavy (non-hydrogen) atoms. The van der Waals surface area contributed by atoms with Gasteiger partial charge in [-0.1, -0.05) is 42.5 Å². The van der Waals surface area contributed by atoms with Gasteiger partial charge in [-0.3, -0.25) is 0 Å². The zero-order valence-electron chi connectivity index (χ0n) is 9.70. The summed E-state index contributed by atoms with van der Waals surface area (Å²) in [5.41, 5.74) is 0.822. The number of halogens is 1. The lowest BCUT2D eigenvalue weighted by atomic mass is 9.96. The van der Waals surface area contributed by atoms with Gasteiger partial charge >= 0.3 is 0 Å². The Balaban J connectivity index is 2.04. The molecule has 0 saturated carbocycles. The SMILES string of the molecule is FC(c1cccc2ccccc12)C1CCCN1. The molecule has 2 unspecified atom stereocenters. The van der Waals surface area contributed by atoms with E-state index in [0.29, 0.717) is 0 Å². The van der Waals surface area contributed by atoms with Gasteiger partial charge in [0.15, 0.2) is 0 Å². The van der Waals surface area contributed by atoms with Crippen molar-refractivity contribution in [2.75, 3.05) is 6.54 Å². The van der Waals surface area contributed by atoms with Crippen molar-refractivity contribution < 1.29 is 4.39 Å². The van der Waals surface area contributed by atoms with Crippen molar-refractivity contribution in [1.82, 2.24) is 5.32 Å². The zero-order chi connectivity index (χ0) is 11.7. The van der Waals surface area contributed by atoms with Gasteiger partial charge in [0.05, 0.1) is 0 Å². The van der Waals surface area contributed by atoms with Gasteiger partial charge in [-0.25, -0.2) is 4.39 Å². The fourth-order valence-corrected chi connectivity index (χ4v) is 2.67. The number of benzene rings is 2. The van der Waals surface area contributed by atoms with Crippen LogP contribution in [0.2, 0.25) is 0 Å². The van der Waals surface area contributed by atoms with E-state index in [1.807, 2.05) is 42.5 Å². The third-order valence-electron chi connectivity index (χ3n) is 3.57. The molecule has 1 nitrogen and oxygen atoms in total. The first-order chi connectivity index (χ1) is 8.36. The maximum absolute atomic E-state index is 14.5. The van der Waals surface area contributed by atoms with Crippen LogP contribution in [0.25, 0.3) is 10.8 Å². The van der Waals surface area contributed by atoms with E-state index >= 15 is 0 Å². The average Bonchev–Trinajstić information content (AvgIpc) is 2.91. The van der Waals surface area contributed by atoms with Crippen LogP contribution in [0.15, 0.2) is 42.5 Å². The van der Waals surface area contributed by atoms with Gasteiger partial charge in [-0.15, -0.1) is 0 Å². The van der Waals surface area contributed by atoms with Crippen molar-refractivity contribution in [3.8, 4) is 0 Å². The molecule has 1 aliphatic heterocycles. The maximum atomic E-state index is 14.5. The fourth-order valence-electron chi connectivity index (χ4n) is 2.67. The van der Waals surface area contributed by atoms with Crippen LogP contribution in [0.4, 0.5) is 4.39 Å². The Morgan fingerprint density at radius 2 is 1.94 bits per heavy atom. The summed E-state index contributed by atoms with van der Waals surface area (Å²) in [7, 11) is 0. The van der Waals surface area contributed by atoms with Gasteiger partial charge in [0.1, 0.15) is 6.17 Å². The highest BCUT2D eigenvalue weighted by atomic mass is 19.1. The van der Waals surface area contributed by atoms with Gasteiger partial charge in [0.25, 0.3) is 0 Å². The summed E-state index contributed by atoms with van der Waals surface area (Å²) in [6.07, 6.45) is 1.11. The largest absolute Gasteiger partial charge is 0.311 e. The first-order valence-corrected chi connectivity index (χ1v) is 6.21. The second-order valence-corrected chi connectivity index (χ2v) is 4.67. The van der Waals surface area contributed by atoms with E-state index in [2.05, 4.69) is 5.32 Å². The van der Waals surface area contributed by atoms with Crippen LogP contribution in [-0.4, -0.2) is 12.6 Å². The molecule has 0 aromatic heterocycles. The molecule has 3 rings (SSSR count). The molecule has 1 heterocycles. The van der Waals surface area contributed by atoms with Crippen molar-refractivity contribution in [2.24, 2.45) is 0 Å². The van der Waals surface area contributed by atoms with Crippen molar-refractivity contribution in [2.45, 2.75) is 25.1 Å². The van der Waals surface area contributed by atoms with Crippen molar-refractivity contribution in [3.63, 3.8) is 0 Å². The standard InChI is InChI=1S/C15H16FN/c16-15(14-9-4-10-17-14)13-8-3-6-11-5-1-2-7-12(11)13/h1-3,5-8,14-15,17H,4,9-10H2. The van der Waals surface area contributed by atoms with Crippen LogP contribution >= 0.6 is 0 Å². The normalized spacial score (nSPS) is 21.8. The van der Waals surface area contributed by atoms with E-state index in [4.69, 9.17) is 0 Å². The Morgan fingerprint density at radius 1 is 1.12 bits per heavy atom. The fraction of sp³-hybridized carbons (Fsp3) is 0.333. The second-order valence-electron chi connectivity index (χ2n) is 4.67. The number of hydrogen-bond donors (Lipinski definition) is 1. The Hall–Kier alpha value is -1.41. The summed E-state index contributed by atoms with van der Waals surface area (Å²) in [6.45, 7) is 0.940. The van der Waals surface area contributed by atoms with Crippen LogP contribution in [0, 0.1) is 0 Å². The van der Waals surface area contributed by atoms with E-state index in [-0.39, 0.29) is 6.04 Å². The minimum Gasteiger partial charge on any atom is -0.311 e. The van der Waals surface area contributed by atoms with Crippen molar-refractivity contribution in [1.29, 1.82) is 0 Å². The van der Waals surface area contributed by atoms with Gasteiger partial charge in [-0.05, 0) is 35.7 Å². The molecule has 1 saturated heterocycles. The Morgan fingerprint density at radius 3 is 2.76 bits per heavy atom. The molecule has 88 valence electrons. The van der Waals surface area contributed by atoms with Crippen LogP contribution in [0.5, 0.6) is 0 Å². The van der Waals surface area contributed by atoms with Gasteiger partial charge in [0.2, 0.25) is 0 Å². The predicted octanol–water partition coefficient (Wildman–Crippen LogP) is 3.60. The molecule has 1 N–H and O–H groups in total. The quantitative estimate of drug-likeness (QED) is 0.829. The van der Waals surface area contributed by atoms with Gasteiger partial charge in [0, 0.05) is 6.04 Å². The minimum absolute atomic E-state index is 0.0131. The molecule has 2 aromatic carbocycles. The molecule has 2 atom stereocenters. The van der Waals surface area contributed by atoms with Gasteiger partial charge in [-0.2, -0.15) is 0 Å². The van der Waals surface area contributed by atoms with E-state index < -0.39 is 6.17 Å². The van der Waals surface area contributed by atoms with E-state index in [0.717, 1.165) is 35.7 Å². The third kappa shape index (κ3) is 1.93. The summed E-state index contributed by atoms with van der Waals surface area (Å²) in [5.74, 6) is 0. The lowest BCUT2D eigenvalue weighted by molar-refractivity contribution is 0.273. The summed E-state index contributed by atoms with van der Waals surface area (Å²) in [5, 5.41) is 5.40. The van der Waals surface area contributed by atoms with E-state index in [1.54, 1.807) is 0 Å². The Kier molecular flexibility index (Phi) is 2.81. The Bertz CT molecular complexity index is 512. The van der Waals surface area contributed by atoms with Crippen LogP contribution in [-0.2, 0) is 0 Å². The van der Waals surface area contributed by atoms with Crippen molar-refractivity contribution >= 4 is 10.8 Å². The number of fused-ring (bicyclic) bond motifs is 1. The van der Waals surface area contributed by atoms with Crippen LogP contribution in [0.1, 0.15) is 24.6 Å². The molecular formula is C15H16FN. The molecular weight excluding hydrogens is 213 g/mol. The zero-order valence-corrected chi connectivity index (χ0v) is 9.70. The molecule has 2 heteroatoms. The summed E-state index contributed by atoms with van der Waals surface area (Å²) in [6, 6.07) is 13.9. The first kappa shape index (κ1) is 10.7. The summed E-state index contributed by atoms with van der Waals surface area (Å²) < 4.78 is 14.5. The molecule has 2 aromatic rings. The lowest BCUT2D eigenvalue weighted by Gasteiger charge is -2.18. The van der Waals surface area contributed by atoms with E-state index in [1.165, 1.54) is 0 Å². The second kappa shape index (κ2) is 4.46. The number of alkyl halides is 1. The monoisotopic (exact) mass is 229 g/mol. The molecule has 1 fully saturated rings. The molecule has 1 aliphatic rings. The molecule has 0 aliphatic carbocycles. The topological polar surface area (TPSA) is 12.0 Å². The number of rotatable bonds is 2. The third-order valence-corrected chi connectivity index (χ3v) is 3.57. The first-order valence-electron chi connectivity index (χ1n) is 6.21. The smallest absolute Gasteiger partial charge is 0.141 e. The van der Waals surface area contributed by atoms with Crippen LogP contribution < -0.4 is 5.32 Å². The number of hydrogen-bond acceptors (Lipinski definition) is 1. The molecule has 0 amide bonds. The predicted molar refractivity (Wildman–Crippen MR) is 68.8 cm³/mol. The van der Waals surface area contributed by atoms with Crippen LogP contribution in [0.3, 0.4) is 0 Å². The summed E-state index contributed by atoms with van der Waals surface area (Å²) in [4.78, 5) is 0. The number of nitrogens with one attached hydrogen (secondary N) is 1. The van der Waals surface area contributed by atoms with Gasteiger partial charge < -0.3 is 5.32 Å². The lowest BCUT2D eigenvalue weighted by Crippen LogP contribution is -2.26. The molecule has 0 radical (unpaired) electrons. The highest BCUT2D eigenvalue weighted by molar-refractivity contribution is 5.86. The minimum atomic E-state index is -0.899. The average molecular weight is 229 g/mol. The highest BCUT2D eigenvalue weighted by Gasteiger charge is 2.26. The highest BCUT2D eigenvalue weighted by Crippen LogP contribution is 2.31. The summed E-state index contributed by atoms with van der Waals surface area (Å²) >= 11 is 0. The van der Waals surface area contributed by atoms with E-state index in [9.17, 15) is 4.39 Å². The van der Waals surface area contributed by atoms with Crippen molar-refractivity contribution in [3.05, 3.63) is 48.0 Å². The Labute approximate surface area is 101 Å².